The fourth-order valence-electron chi connectivity index (χ4n) is 2.91. The van der Waals surface area contributed by atoms with Crippen molar-refractivity contribution < 1.29 is 4.39 Å². The van der Waals surface area contributed by atoms with Gasteiger partial charge in [0.05, 0.1) is 0 Å². The molecule has 1 fully saturated rings. The Bertz CT molecular complexity index is 575. The van der Waals surface area contributed by atoms with E-state index in [1.54, 1.807) is 6.07 Å². The molecule has 20 heavy (non-hydrogen) atoms. The van der Waals surface area contributed by atoms with Gasteiger partial charge in [0.1, 0.15) is 5.82 Å². The Morgan fingerprint density at radius 1 is 1.45 bits per heavy atom. The molecule has 1 aliphatic rings. The molecule has 2 heterocycles. The summed E-state index contributed by atoms with van der Waals surface area (Å²) < 4.78 is 13.4. The Morgan fingerprint density at radius 3 is 3.15 bits per heavy atom. The molecule has 1 aromatic heterocycles. The van der Waals surface area contributed by atoms with Crippen molar-refractivity contribution >= 4 is 22.7 Å². The first-order valence-corrected chi connectivity index (χ1v) is 8.43. The van der Waals surface area contributed by atoms with E-state index in [0.29, 0.717) is 6.04 Å². The molecular formula is C16H21FN2S. The van der Waals surface area contributed by atoms with E-state index < -0.39 is 0 Å². The van der Waals surface area contributed by atoms with E-state index in [1.165, 1.54) is 36.0 Å². The summed E-state index contributed by atoms with van der Waals surface area (Å²) in [5.74, 6) is 2.40. The topological polar surface area (TPSA) is 19.0 Å². The molecule has 0 amide bonds. The minimum atomic E-state index is -0.157. The number of nitrogens with one attached hydrogen (secondary N) is 1. The third-order valence-corrected chi connectivity index (χ3v) is 5.42. The third kappa shape index (κ3) is 3.01. The fourth-order valence-corrected chi connectivity index (χ4v) is 4.14. The zero-order chi connectivity index (χ0) is 13.9. The van der Waals surface area contributed by atoms with Gasteiger partial charge in [-0.2, -0.15) is 11.8 Å². The van der Waals surface area contributed by atoms with Crippen molar-refractivity contribution in [3.05, 3.63) is 35.8 Å². The van der Waals surface area contributed by atoms with Gasteiger partial charge in [-0.05, 0) is 55.8 Å². The van der Waals surface area contributed by atoms with Crippen LogP contribution in [-0.2, 0) is 6.42 Å². The average molecular weight is 292 g/mol. The van der Waals surface area contributed by atoms with Crippen LogP contribution >= 0.6 is 11.8 Å². The van der Waals surface area contributed by atoms with E-state index in [4.69, 9.17) is 0 Å². The van der Waals surface area contributed by atoms with Crippen molar-refractivity contribution in [2.75, 3.05) is 25.1 Å². The summed E-state index contributed by atoms with van der Waals surface area (Å²) in [6.45, 7) is 1.04. The maximum atomic E-state index is 13.4. The lowest BCUT2D eigenvalue weighted by atomic mass is 10.1. The second kappa shape index (κ2) is 6.19. The van der Waals surface area contributed by atoms with Gasteiger partial charge in [-0.25, -0.2) is 4.39 Å². The molecule has 3 rings (SSSR count). The average Bonchev–Trinajstić information content (AvgIpc) is 2.88. The van der Waals surface area contributed by atoms with Crippen molar-refractivity contribution in [1.29, 1.82) is 0 Å². The molecule has 2 aromatic rings. The number of nitrogens with zero attached hydrogens (tertiary/aromatic N) is 1. The molecule has 0 aliphatic carbocycles. The predicted molar refractivity (Wildman–Crippen MR) is 84.9 cm³/mol. The van der Waals surface area contributed by atoms with Gasteiger partial charge >= 0.3 is 0 Å². The van der Waals surface area contributed by atoms with Crippen molar-refractivity contribution in [3.8, 4) is 0 Å². The molecule has 0 radical (unpaired) electrons. The molecule has 1 unspecified atom stereocenters. The van der Waals surface area contributed by atoms with E-state index in [0.717, 1.165) is 23.9 Å². The largest absolute Gasteiger partial charge is 0.361 e. The molecule has 108 valence electrons. The van der Waals surface area contributed by atoms with Crippen molar-refractivity contribution in [3.63, 3.8) is 0 Å². The monoisotopic (exact) mass is 292 g/mol. The first kappa shape index (κ1) is 14.0. The summed E-state index contributed by atoms with van der Waals surface area (Å²) in [6.07, 6.45) is 5.64. The van der Waals surface area contributed by atoms with Crippen LogP contribution in [0.3, 0.4) is 0 Å². The highest BCUT2D eigenvalue weighted by Gasteiger charge is 2.18. The number of thioether (sulfide) groups is 1. The summed E-state index contributed by atoms with van der Waals surface area (Å²) in [4.78, 5) is 5.69. The molecule has 0 spiro atoms. The normalized spacial score (nSPS) is 19.9. The van der Waals surface area contributed by atoms with Crippen LogP contribution in [0.15, 0.2) is 24.4 Å². The van der Waals surface area contributed by atoms with Crippen molar-refractivity contribution in [2.45, 2.75) is 25.3 Å². The lowest BCUT2D eigenvalue weighted by Gasteiger charge is -2.30. The summed E-state index contributed by atoms with van der Waals surface area (Å²) in [6, 6.07) is 5.66. The molecule has 1 aromatic carbocycles. The number of benzene rings is 1. The molecule has 1 N–H and O–H groups in total. The predicted octanol–water partition coefficient (Wildman–Crippen LogP) is 3.68. The summed E-state index contributed by atoms with van der Waals surface area (Å²) in [7, 11) is 2.21. The van der Waals surface area contributed by atoms with Gasteiger partial charge in [0.2, 0.25) is 0 Å². The molecule has 4 heteroatoms. The molecule has 0 bridgehead atoms. The zero-order valence-corrected chi connectivity index (χ0v) is 12.7. The second-order valence-electron chi connectivity index (χ2n) is 5.61. The van der Waals surface area contributed by atoms with E-state index in [9.17, 15) is 4.39 Å². The number of aromatic nitrogens is 1. The lowest BCUT2D eigenvalue weighted by molar-refractivity contribution is 0.249. The number of rotatable bonds is 4. The summed E-state index contributed by atoms with van der Waals surface area (Å²) in [5, 5.41) is 1.02. The Kier molecular flexibility index (Phi) is 4.32. The quantitative estimate of drug-likeness (QED) is 0.927. The standard InChI is InChI=1S/C16H21FN2S/c1-19(14-3-2-8-20-11-14)7-6-12-10-18-16-5-4-13(17)9-15(12)16/h4-5,9-10,14,18H,2-3,6-8,11H2,1H3. The summed E-state index contributed by atoms with van der Waals surface area (Å²) in [5.41, 5.74) is 2.24. The first-order valence-electron chi connectivity index (χ1n) is 7.27. The summed E-state index contributed by atoms with van der Waals surface area (Å²) >= 11 is 2.06. The highest BCUT2D eigenvalue weighted by atomic mass is 32.2. The number of halogens is 1. The van der Waals surface area contributed by atoms with E-state index >= 15 is 0 Å². The van der Waals surface area contributed by atoms with Crippen molar-refractivity contribution in [2.24, 2.45) is 0 Å². The van der Waals surface area contributed by atoms with Crippen LogP contribution in [0.2, 0.25) is 0 Å². The third-order valence-electron chi connectivity index (χ3n) is 4.22. The van der Waals surface area contributed by atoms with Crippen LogP contribution < -0.4 is 0 Å². The number of hydrogen-bond acceptors (Lipinski definition) is 2. The molecule has 1 aliphatic heterocycles. The Balaban J connectivity index is 1.65. The smallest absolute Gasteiger partial charge is 0.123 e. The van der Waals surface area contributed by atoms with Crippen LogP contribution in [-0.4, -0.2) is 41.0 Å². The van der Waals surface area contributed by atoms with Gasteiger partial charge in [0, 0.05) is 35.4 Å². The molecule has 0 saturated carbocycles. The number of likely N-dealkylation sites (N-methyl/N-ethyl adjacent to an activating group) is 1. The Labute approximate surface area is 123 Å². The van der Waals surface area contributed by atoms with Gasteiger partial charge in [-0.3, -0.25) is 0 Å². The van der Waals surface area contributed by atoms with E-state index in [1.807, 2.05) is 12.3 Å². The van der Waals surface area contributed by atoms with Crippen LogP contribution in [0.4, 0.5) is 4.39 Å². The SMILES string of the molecule is CN(CCc1c[nH]c2ccc(F)cc12)C1CCCSC1. The number of hydrogen-bond donors (Lipinski definition) is 1. The number of aromatic amines is 1. The van der Waals surface area contributed by atoms with Crippen LogP contribution in [0.5, 0.6) is 0 Å². The number of fused-ring (bicyclic) bond motifs is 1. The van der Waals surface area contributed by atoms with Gasteiger partial charge in [-0.15, -0.1) is 0 Å². The molecule has 1 saturated heterocycles. The first-order chi connectivity index (χ1) is 9.74. The Morgan fingerprint density at radius 2 is 2.35 bits per heavy atom. The minimum absolute atomic E-state index is 0.157. The lowest BCUT2D eigenvalue weighted by Crippen LogP contribution is -2.37. The second-order valence-corrected chi connectivity index (χ2v) is 6.76. The zero-order valence-electron chi connectivity index (χ0n) is 11.9. The molecule has 1 atom stereocenters. The van der Waals surface area contributed by atoms with Gasteiger partial charge in [-0.1, -0.05) is 0 Å². The van der Waals surface area contributed by atoms with Gasteiger partial charge in [0.25, 0.3) is 0 Å². The van der Waals surface area contributed by atoms with E-state index in [-0.39, 0.29) is 5.82 Å². The maximum Gasteiger partial charge on any atom is 0.123 e. The molecule has 2 nitrogen and oxygen atoms in total. The van der Waals surface area contributed by atoms with Crippen LogP contribution in [0.25, 0.3) is 10.9 Å². The minimum Gasteiger partial charge on any atom is -0.361 e. The van der Waals surface area contributed by atoms with Gasteiger partial charge in [0.15, 0.2) is 0 Å². The maximum absolute atomic E-state index is 13.4. The number of H-pyrrole nitrogens is 1. The fraction of sp³-hybridized carbons (Fsp3) is 0.500. The van der Waals surface area contributed by atoms with Crippen molar-refractivity contribution in [1.82, 2.24) is 9.88 Å². The van der Waals surface area contributed by atoms with Crippen LogP contribution in [0, 0.1) is 5.82 Å². The highest BCUT2D eigenvalue weighted by Crippen LogP contribution is 2.23. The highest BCUT2D eigenvalue weighted by molar-refractivity contribution is 7.99. The van der Waals surface area contributed by atoms with Gasteiger partial charge < -0.3 is 9.88 Å². The van der Waals surface area contributed by atoms with Crippen LogP contribution in [0.1, 0.15) is 18.4 Å². The molecular weight excluding hydrogens is 271 g/mol. The van der Waals surface area contributed by atoms with E-state index in [2.05, 4.69) is 28.7 Å². The Hall–Kier alpha value is -1.00.